The van der Waals surface area contributed by atoms with Crippen LogP contribution in [0.4, 0.5) is 0 Å². The van der Waals surface area contributed by atoms with E-state index in [9.17, 15) is 8.42 Å². The molecule has 0 heterocycles. The largest absolute Gasteiger partial charge is 0.295 e. The van der Waals surface area contributed by atoms with Crippen LogP contribution in [0.15, 0.2) is 41.3 Å². The van der Waals surface area contributed by atoms with Crippen molar-refractivity contribution in [1.29, 1.82) is 0 Å². The summed E-state index contributed by atoms with van der Waals surface area (Å²) in [5.74, 6) is 0. The van der Waals surface area contributed by atoms with Crippen LogP contribution in [0.25, 0.3) is 10.8 Å². The van der Waals surface area contributed by atoms with Crippen LogP contribution in [-0.2, 0) is 10.1 Å². The van der Waals surface area contributed by atoms with Crippen molar-refractivity contribution < 1.29 is 13.0 Å². The van der Waals surface area contributed by atoms with Gasteiger partial charge in [0.05, 0.1) is 0 Å². The molecule has 0 atom stereocenters. The van der Waals surface area contributed by atoms with Crippen molar-refractivity contribution in [2.75, 3.05) is 0 Å². The van der Waals surface area contributed by atoms with Crippen LogP contribution in [0.3, 0.4) is 0 Å². The third kappa shape index (κ3) is 1.49. The fourth-order valence-electron chi connectivity index (χ4n) is 1.35. The van der Waals surface area contributed by atoms with E-state index in [0.29, 0.717) is 5.39 Å². The number of hydrogen-bond acceptors (Lipinski definition) is 2. The van der Waals surface area contributed by atoms with Crippen molar-refractivity contribution in [1.82, 2.24) is 0 Å². The van der Waals surface area contributed by atoms with E-state index in [0.717, 1.165) is 5.39 Å². The summed E-state index contributed by atoms with van der Waals surface area (Å²) in [7, 11) is -4.18. The first-order valence-corrected chi connectivity index (χ1v) is 5.40. The summed E-state index contributed by atoms with van der Waals surface area (Å²) in [4.78, 5) is -0.171. The van der Waals surface area contributed by atoms with Gasteiger partial charge in [0.2, 0.25) is 0 Å². The first-order chi connectivity index (χ1) is 6.59. The maximum absolute atomic E-state index is 11.0. The molecule has 0 aromatic heterocycles. The summed E-state index contributed by atoms with van der Waals surface area (Å²) in [6.07, 6.45) is 0. The highest BCUT2D eigenvalue weighted by Crippen LogP contribution is 2.21. The van der Waals surface area contributed by atoms with Crippen LogP contribution in [0, 0.1) is 6.07 Å². The van der Waals surface area contributed by atoms with Gasteiger partial charge in [-0.05, 0) is 5.39 Å². The molecular formula is C10H7O3S. The summed E-state index contributed by atoms with van der Waals surface area (Å²) >= 11 is 0. The van der Waals surface area contributed by atoms with E-state index in [2.05, 4.69) is 6.07 Å². The van der Waals surface area contributed by atoms with Gasteiger partial charge in [0.1, 0.15) is 4.90 Å². The Bertz CT molecular complexity index is 567. The standard InChI is InChI=1S/C10H7O3S/c11-14(12,13)10-7-3-5-8-4-1-2-6-9(8)10/h1-6H,(H,11,12,13). The Morgan fingerprint density at radius 3 is 2.57 bits per heavy atom. The van der Waals surface area contributed by atoms with E-state index >= 15 is 0 Å². The van der Waals surface area contributed by atoms with Gasteiger partial charge >= 0.3 is 0 Å². The molecule has 2 rings (SSSR count). The predicted octanol–water partition coefficient (Wildman–Crippen LogP) is 1.89. The van der Waals surface area contributed by atoms with Crippen molar-refractivity contribution in [2.24, 2.45) is 0 Å². The first-order valence-electron chi connectivity index (χ1n) is 3.96. The zero-order valence-electron chi connectivity index (χ0n) is 7.14. The molecule has 0 aliphatic heterocycles. The lowest BCUT2D eigenvalue weighted by molar-refractivity contribution is 0.484. The monoisotopic (exact) mass is 207 g/mol. The Hall–Kier alpha value is -1.39. The molecule has 1 radical (unpaired) electrons. The van der Waals surface area contributed by atoms with E-state index in [1.807, 2.05) is 0 Å². The Kier molecular flexibility index (Phi) is 2.02. The molecule has 2 aromatic carbocycles. The molecule has 14 heavy (non-hydrogen) atoms. The van der Waals surface area contributed by atoms with E-state index in [-0.39, 0.29) is 4.90 Å². The smallest absolute Gasteiger partial charge is 0.282 e. The number of hydrogen-bond donors (Lipinski definition) is 1. The van der Waals surface area contributed by atoms with Gasteiger partial charge in [-0.1, -0.05) is 36.4 Å². The summed E-state index contributed by atoms with van der Waals surface area (Å²) < 4.78 is 30.9. The molecule has 0 bridgehead atoms. The van der Waals surface area contributed by atoms with Gasteiger partial charge in [-0.25, -0.2) is 0 Å². The fraction of sp³-hybridized carbons (Fsp3) is 0. The Morgan fingerprint density at radius 2 is 1.86 bits per heavy atom. The molecule has 71 valence electrons. The van der Waals surface area contributed by atoms with E-state index in [1.54, 1.807) is 30.3 Å². The van der Waals surface area contributed by atoms with Gasteiger partial charge in [0.25, 0.3) is 10.1 Å². The van der Waals surface area contributed by atoms with E-state index in [4.69, 9.17) is 4.55 Å². The summed E-state index contributed by atoms with van der Waals surface area (Å²) in [6.45, 7) is 0. The number of benzene rings is 2. The predicted molar refractivity (Wildman–Crippen MR) is 52.6 cm³/mol. The molecule has 1 N–H and O–H groups in total. The SMILES string of the molecule is O=S(=O)(O)c1[c]ccc2ccccc12. The average molecular weight is 207 g/mol. The van der Waals surface area contributed by atoms with Crippen LogP contribution in [0.2, 0.25) is 0 Å². The zero-order valence-corrected chi connectivity index (χ0v) is 7.95. The minimum atomic E-state index is -4.18. The van der Waals surface area contributed by atoms with Gasteiger partial charge < -0.3 is 0 Å². The molecule has 0 spiro atoms. The lowest BCUT2D eigenvalue weighted by Crippen LogP contribution is -1.98. The van der Waals surface area contributed by atoms with Crippen molar-refractivity contribution >= 4 is 20.9 Å². The molecule has 3 nitrogen and oxygen atoms in total. The van der Waals surface area contributed by atoms with E-state index < -0.39 is 10.1 Å². The number of fused-ring (bicyclic) bond motifs is 1. The summed E-state index contributed by atoms with van der Waals surface area (Å²) in [6, 6.07) is 12.7. The molecule has 2 aromatic rings. The molecule has 4 heteroatoms. The molecular weight excluding hydrogens is 200 g/mol. The second kappa shape index (κ2) is 3.08. The topological polar surface area (TPSA) is 54.4 Å². The van der Waals surface area contributed by atoms with Crippen LogP contribution in [0.5, 0.6) is 0 Å². The molecule has 0 fully saturated rings. The highest BCUT2D eigenvalue weighted by atomic mass is 32.2. The van der Waals surface area contributed by atoms with Crippen molar-refractivity contribution in [3.05, 3.63) is 42.5 Å². The minimum Gasteiger partial charge on any atom is -0.282 e. The molecule has 0 aliphatic carbocycles. The van der Waals surface area contributed by atoms with Gasteiger partial charge in [-0.2, -0.15) is 8.42 Å². The van der Waals surface area contributed by atoms with Crippen LogP contribution < -0.4 is 0 Å². The third-order valence-electron chi connectivity index (χ3n) is 1.94. The van der Waals surface area contributed by atoms with Crippen molar-refractivity contribution in [2.45, 2.75) is 4.90 Å². The second-order valence-electron chi connectivity index (χ2n) is 2.87. The van der Waals surface area contributed by atoms with Crippen LogP contribution in [-0.4, -0.2) is 13.0 Å². The first kappa shape index (κ1) is 9.18. The lowest BCUT2D eigenvalue weighted by Gasteiger charge is -2.01. The van der Waals surface area contributed by atoms with Crippen LogP contribution >= 0.6 is 0 Å². The normalized spacial score (nSPS) is 11.8. The lowest BCUT2D eigenvalue weighted by atomic mass is 10.1. The molecule has 0 amide bonds. The second-order valence-corrected chi connectivity index (χ2v) is 4.23. The fourth-order valence-corrected chi connectivity index (χ4v) is 2.03. The van der Waals surface area contributed by atoms with Crippen molar-refractivity contribution in [3.8, 4) is 0 Å². The highest BCUT2D eigenvalue weighted by Gasteiger charge is 2.12. The van der Waals surface area contributed by atoms with Crippen molar-refractivity contribution in [3.63, 3.8) is 0 Å². The molecule has 0 saturated heterocycles. The van der Waals surface area contributed by atoms with Gasteiger partial charge in [0, 0.05) is 11.5 Å². The van der Waals surface area contributed by atoms with E-state index in [1.165, 1.54) is 6.07 Å². The maximum atomic E-state index is 11.0. The van der Waals surface area contributed by atoms with Gasteiger partial charge in [0.15, 0.2) is 0 Å². The van der Waals surface area contributed by atoms with Gasteiger partial charge in [-0.3, -0.25) is 4.55 Å². The average Bonchev–Trinajstić information content (AvgIpc) is 2.15. The summed E-state index contributed by atoms with van der Waals surface area (Å²) in [5, 5.41) is 1.25. The highest BCUT2D eigenvalue weighted by molar-refractivity contribution is 7.86. The maximum Gasteiger partial charge on any atom is 0.295 e. The minimum absolute atomic E-state index is 0.171. The Morgan fingerprint density at radius 1 is 1.14 bits per heavy atom. The Labute approximate surface area is 81.7 Å². The molecule has 0 saturated carbocycles. The quantitative estimate of drug-likeness (QED) is 0.726. The number of rotatable bonds is 1. The van der Waals surface area contributed by atoms with Gasteiger partial charge in [-0.15, -0.1) is 0 Å². The Balaban J connectivity index is 2.92. The van der Waals surface area contributed by atoms with Crippen LogP contribution in [0.1, 0.15) is 0 Å². The molecule has 0 aliphatic rings. The summed E-state index contributed by atoms with van der Waals surface area (Å²) in [5.41, 5.74) is 0. The zero-order chi connectivity index (χ0) is 10.2. The molecule has 0 unspecified atom stereocenters. The third-order valence-corrected chi connectivity index (χ3v) is 2.79.